The van der Waals surface area contributed by atoms with Crippen LogP contribution in [0.2, 0.25) is 10.0 Å². The van der Waals surface area contributed by atoms with Gasteiger partial charge in [-0.3, -0.25) is 13.9 Å². The summed E-state index contributed by atoms with van der Waals surface area (Å²) in [6, 6.07) is 8.67. The van der Waals surface area contributed by atoms with Crippen molar-refractivity contribution in [2.45, 2.75) is 39.8 Å². The Morgan fingerprint density at radius 2 is 1.68 bits per heavy atom. The van der Waals surface area contributed by atoms with E-state index in [0.717, 1.165) is 10.6 Å². The van der Waals surface area contributed by atoms with Crippen molar-refractivity contribution in [3.05, 3.63) is 52.0 Å². The predicted octanol–water partition coefficient (Wildman–Crippen LogP) is 4.36. The average molecular weight is 589 g/mol. The minimum Gasteiger partial charge on any atom is -0.497 e. The monoisotopic (exact) mass is 587 g/mol. The highest BCUT2D eigenvalue weighted by molar-refractivity contribution is 7.92. The van der Waals surface area contributed by atoms with Crippen molar-refractivity contribution in [2.75, 3.05) is 37.9 Å². The van der Waals surface area contributed by atoms with Gasteiger partial charge in [-0.2, -0.15) is 0 Å². The van der Waals surface area contributed by atoms with E-state index in [1.54, 1.807) is 37.3 Å². The quantitative estimate of drug-likeness (QED) is 0.373. The van der Waals surface area contributed by atoms with E-state index in [-0.39, 0.29) is 36.2 Å². The summed E-state index contributed by atoms with van der Waals surface area (Å²) in [4.78, 5) is 28.4. The first-order valence-corrected chi connectivity index (χ1v) is 14.6. The lowest BCUT2D eigenvalue weighted by Gasteiger charge is -2.33. The number of carbonyl (C=O) groups is 2. The Bertz CT molecular complexity index is 1220. The van der Waals surface area contributed by atoms with Crippen LogP contribution in [0.25, 0.3) is 0 Å². The molecule has 0 aromatic heterocycles. The highest BCUT2D eigenvalue weighted by Gasteiger charge is 2.33. The number of halogens is 2. The zero-order chi connectivity index (χ0) is 28.6. The molecule has 0 spiro atoms. The van der Waals surface area contributed by atoms with Crippen LogP contribution in [0.15, 0.2) is 36.4 Å². The molecule has 0 unspecified atom stereocenters. The van der Waals surface area contributed by atoms with Gasteiger partial charge in [0.2, 0.25) is 21.8 Å². The van der Waals surface area contributed by atoms with Gasteiger partial charge < -0.3 is 19.7 Å². The van der Waals surface area contributed by atoms with E-state index < -0.39 is 28.5 Å². The van der Waals surface area contributed by atoms with Crippen molar-refractivity contribution in [3.8, 4) is 11.5 Å². The number of benzene rings is 2. The van der Waals surface area contributed by atoms with Gasteiger partial charge in [0.25, 0.3) is 0 Å². The van der Waals surface area contributed by atoms with Crippen molar-refractivity contribution in [1.82, 2.24) is 10.2 Å². The Morgan fingerprint density at radius 1 is 1.05 bits per heavy atom. The molecule has 0 heterocycles. The van der Waals surface area contributed by atoms with Crippen LogP contribution in [0.1, 0.15) is 32.8 Å². The highest BCUT2D eigenvalue weighted by Crippen LogP contribution is 2.34. The first-order chi connectivity index (χ1) is 17.8. The highest BCUT2D eigenvalue weighted by atomic mass is 35.5. The number of anilines is 1. The van der Waals surface area contributed by atoms with E-state index in [1.165, 1.54) is 25.2 Å². The maximum atomic E-state index is 13.9. The number of hydrogen-bond acceptors (Lipinski definition) is 6. The van der Waals surface area contributed by atoms with Crippen LogP contribution < -0.4 is 19.1 Å². The third-order valence-corrected chi connectivity index (χ3v) is 7.63. The summed E-state index contributed by atoms with van der Waals surface area (Å²) in [6.07, 6.45) is 1.26. The zero-order valence-corrected chi connectivity index (χ0v) is 24.8. The van der Waals surface area contributed by atoms with Gasteiger partial charge >= 0.3 is 0 Å². The van der Waals surface area contributed by atoms with E-state index in [1.807, 2.05) is 13.8 Å². The second-order valence-corrected chi connectivity index (χ2v) is 11.8. The van der Waals surface area contributed by atoms with Crippen molar-refractivity contribution in [1.29, 1.82) is 0 Å². The molecule has 0 radical (unpaired) electrons. The van der Waals surface area contributed by atoms with Crippen molar-refractivity contribution >= 4 is 50.7 Å². The second-order valence-electron chi connectivity index (χ2n) is 9.09. The van der Waals surface area contributed by atoms with Gasteiger partial charge in [-0.1, -0.05) is 50.0 Å². The number of hydrogen-bond donors (Lipinski definition) is 1. The molecule has 0 aliphatic carbocycles. The molecule has 2 aromatic carbocycles. The molecule has 0 aliphatic rings. The third-order valence-electron chi connectivity index (χ3n) is 5.79. The molecule has 38 heavy (non-hydrogen) atoms. The van der Waals surface area contributed by atoms with Gasteiger partial charge in [-0.25, -0.2) is 8.42 Å². The molecule has 2 aromatic rings. The van der Waals surface area contributed by atoms with E-state index >= 15 is 0 Å². The topological polar surface area (TPSA) is 105 Å². The number of nitrogens with zero attached hydrogens (tertiary/aromatic N) is 2. The molecule has 2 amide bonds. The number of amides is 2. The molecule has 12 heteroatoms. The number of carbonyl (C=O) groups excluding carboxylic acids is 2. The van der Waals surface area contributed by atoms with E-state index in [0.29, 0.717) is 27.9 Å². The van der Waals surface area contributed by atoms with Crippen LogP contribution in [0.3, 0.4) is 0 Å². The first kappa shape index (κ1) is 31.5. The lowest BCUT2D eigenvalue weighted by Crippen LogP contribution is -2.52. The standard InChI is InChI=1S/C26H35Cl2N3O6S/c1-7-22(26(33)29-14-17(2)3)30(15-19-20(27)9-8-10-21(19)28)25(32)16-31(38(6,34)35)23-13-18(36-4)11-12-24(23)37-5/h8-13,17,22H,7,14-16H2,1-6H3,(H,29,33)/t22-/m1/s1. The SMILES string of the molecule is CC[C@H](C(=O)NCC(C)C)N(Cc1c(Cl)cccc1Cl)C(=O)CN(c1cc(OC)ccc1OC)S(C)(=O)=O. The van der Waals surface area contributed by atoms with Crippen molar-refractivity contribution in [3.63, 3.8) is 0 Å². The minimum atomic E-state index is -3.97. The molecule has 1 atom stereocenters. The average Bonchev–Trinajstić information content (AvgIpc) is 2.86. The number of sulfonamides is 1. The molecule has 2 rings (SSSR count). The van der Waals surface area contributed by atoms with Crippen LogP contribution in [-0.4, -0.2) is 64.7 Å². The van der Waals surface area contributed by atoms with Gasteiger partial charge in [-0.05, 0) is 36.6 Å². The van der Waals surface area contributed by atoms with Crippen LogP contribution >= 0.6 is 23.2 Å². The maximum Gasteiger partial charge on any atom is 0.244 e. The second kappa shape index (κ2) is 13.9. The fourth-order valence-corrected chi connectivity index (χ4v) is 5.14. The van der Waals surface area contributed by atoms with E-state index in [9.17, 15) is 18.0 Å². The minimum absolute atomic E-state index is 0.0994. The van der Waals surface area contributed by atoms with Gasteiger partial charge in [0.15, 0.2) is 0 Å². The largest absolute Gasteiger partial charge is 0.497 e. The molecule has 210 valence electrons. The fraction of sp³-hybridized carbons (Fsp3) is 0.462. The molecule has 0 aliphatic heterocycles. The molecule has 1 N–H and O–H groups in total. The smallest absolute Gasteiger partial charge is 0.244 e. The third kappa shape index (κ3) is 8.15. The van der Waals surface area contributed by atoms with Gasteiger partial charge in [-0.15, -0.1) is 0 Å². The van der Waals surface area contributed by atoms with Crippen LogP contribution in [0.5, 0.6) is 11.5 Å². The van der Waals surface area contributed by atoms with E-state index in [2.05, 4.69) is 5.32 Å². The van der Waals surface area contributed by atoms with Crippen molar-refractivity contribution in [2.24, 2.45) is 5.92 Å². The lowest BCUT2D eigenvalue weighted by atomic mass is 10.1. The number of ether oxygens (including phenoxy) is 2. The molecule has 9 nitrogen and oxygen atoms in total. The molecule has 0 saturated heterocycles. The summed E-state index contributed by atoms with van der Waals surface area (Å²) in [5, 5.41) is 3.51. The Kier molecular flexibility index (Phi) is 11.5. The number of nitrogens with one attached hydrogen (secondary N) is 1. The van der Waals surface area contributed by atoms with Gasteiger partial charge in [0, 0.05) is 34.8 Å². The molecule has 0 bridgehead atoms. The summed E-state index contributed by atoms with van der Waals surface area (Å²) < 4.78 is 37.4. The van der Waals surface area contributed by atoms with Crippen molar-refractivity contribution < 1.29 is 27.5 Å². The zero-order valence-electron chi connectivity index (χ0n) is 22.5. The molecular formula is C26H35Cl2N3O6S. The summed E-state index contributed by atoms with van der Waals surface area (Å²) in [6.45, 7) is 5.41. The summed E-state index contributed by atoms with van der Waals surface area (Å²) in [5.41, 5.74) is 0.569. The maximum absolute atomic E-state index is 13.9. The Labute approximate surface area is 235 Å². The van der Waals surface area contributed by atoms with Crippen LogP contribution in [0.4, 0.5) is 5.69 Å². The van der Waals surface area contributed by atoms with Crippen LogP contribution in [-0.2, 0) is 26.2 Å². The molecular weight excluding hydrogens is 553 g/mol. The first-order valence-electron chi connectivity index (χ1n) is 12.0. The predicted molar refractivity (Wildman–Crippen MR) is 151 cm³/mol. The Morgan fingerprint density at radius 3 is 2.18 bits per heavy atom. The summed E-state index contributed by atoms with van der Waals surface area (Å²) in [5.74, 6) is -0.183. The lowest BCUT2D eigenvalue weighted by molar-refractivity contribution is -0.140. The number of methoxy groups -OCH3 is 2. The summed E-state index contributed by atoms with van der Waals surface area (Å²) >= 11 is 12.8. The molecule has 0 saturated carbocycles. The normalized spacial score (nSPS) is 12.1. The molecule has 0 fully saturated rings. The van der Waals surface area contributed by atoms with Gasteiger partial charge in [0.1, 0.15) is 24.1 Å². The number of rotatable bonds is 13. The van der Waals surface area contributed by atoms with E-state index in [4.69, 9.17) is 32.7 Å². The fourth-order valence-electron chi connectivity index (χ4n) is 3.78. The Balaban J connectivity index is 2.57. The van der Waals surface area contributed by atoms with Crippen LogP contribution in [0, 0.1) is 5.92 Å². The van der Waals surface area contributed by atoms with Gasteiger partial charge in [0.05, 0.1) is 26.2 Å². The summed E-state index contributed by atoms with van der Waals surface area (Å²) in [7, 11) is -1.13. The Hall–Kier alpha value is -2.69.